The van der Waals surface area contributed by atoms with Crippen LogP contribution in [0.4, 0.5) is 0 Å². The first-order valence-electron chi connectivity index (χ1n) is 11.6. The maximum absolute atomic E-state index is 13.1. The van der Waals surface area contributed by atoms with Gasteiger partial charge >= 0.3 is 0 Å². The van der Waals surface area contributed by atoms with Crippen molar-refractivity contribution in [3.05, 3.63) is 63.1 Å². The highest BCUT2D eigenvalue weighted by Gasteiger charge is 2.26. The van der Waals surface area contributed by atoms with Crippen molar-refractivity contribution >= 4 is 38.5 Å². The van der Waals surface area contributed by atoms with E-state index < -0.39 is 9.35 Å². The molecule has 9 heteroatoms. The van der Waals surface area contributed by atoms with Gasteiger partial charge in [-0.3, -0.25) is 19.1 Å². The number of nitrogens with one attached hydrogen (secondary N) is 1. The molecule has 2 N–H and O–H groups in total. The standard InChI is InChI=1S/C25H35Cl2N3O3S/c1-5-34(4,32,33)24-7-6-22(26)15-21(24)16-28-25(31)20-12-19(13-23(27)14-20)17-29-8-10-30(11-9-29)18(2)3/h6-7,12-15,18H,5,8-11,16-17H2,1-4H3,(H,28,31)(H,32,33). The molecule has 0 aliphatic carbocycles. The molecule has 1 fully saturated rings. The van der Waals surface area contributed by atoms with Crippen LogP contribution >= 0.6 is 23.2 Å². The van der Waals surface area contributed by atoms with Gasteiger partial charge in [-0.15, -0.1) is 0 Å². The Hall–Kier alpha value is -1.48. The first-order chi connectivity index (χ1) is 15.9. The average molecular weight is 529 g/mol. The number of rotatable bonds is 8. The second-order valence-electron chi connectivity index (χ2n) is 9.46. The molecule has 2 aromatic carbocycles. The number of benzene rings is 2. The number of hydrogen-bond acceptors (Lipinski definition) is 4. The summed E-state index contributed by atoms with van der Waals surface area (Å²) in [6, 6.07) is 10.7. The van der Waals surface area contributed by atoms with Gasteiger partial charge in [0, 0.05) is 72.9 Å². The van der Waals surface area contributed by atoms with Crippen LogP contribution in [0.1, 0.15) is 42.3 Å². The molecule has 2 aromatic rings. The molecule has 3 rings (SSSR count). The molecule has 6 nitrogen and oxygen atoms in total. The van der Waals surface area contributed by atoms with Gasteiger partial charge in [0.25, 0.3) is 5.91 Å². The lowest BCUT2D eigenvalue weighted by molar-refractivity contribution is 0.0949. The summed E-state index contributed by atoms with van der Waals surface area (Å²) in [6.07, 6.45) is 1.34. The van der Waals surface area contributed by atoms with Crippen LogP contribution in [0.25, 0.3) is 0 Å². The largest absolute Gasteiger partial charge is 0.348 e. The van der Waals surface area contributed by atoms with Crippen LogP contribution < -0.4 is 5.32 Å². The fraction of sp³-hybridized carbons (Fsp3) is 0.480. The molecule has 188 valence electrons. The van der Waals surface area contributed by atoms with Gasteiger partial charge in [0.2, 0.25) is 0 Å². The highest BCUT2D eigenvalue weighted by atomic mass is 35.5. The summed E-state index contributed by atoms with van der Waals surface area (Å²) in [5.74, 6) is -0.226. The topological polar surface area (TPSA) is 72.9 Å². The van der Waals surface area contributed by atoms with Crippen molar-refractivity contribution in [3.8, 4) is 0 Å². The Balaban J connectivity index is 1.72. The molecular weight excluding hydrogens is 493 g/mol. The van der Waals surface area contributed by atoms with Gasteiger partial charge in [-0.1, -0.05) is 23.2 Å². The van der Waals surface area contributed by atoms with E-state index in [0.29, 0.717) is 32.1 Å². The summed E-state index contributed by atoms with van der Waals surface area (Å²) in [7, 11) is -4.02. The number of carbonyl (C=O) groups is 1. The maximum Gasteiger partial charge on any atom is 0.251 e. The summed E-state index contributed by atoms with van der Waals surface area (Å²) < 4.78 is 23.9. The third kappa shape index (κ3) is 6.80. The van der Waals surface area contributed by atoms with Gasteiger partial charge in [0.1, 0.15) is 0 Å². The van der Waals surface area contributed by atoms with Crippen molar-refractivity contribution in [1.82, 2.24) is 15.1 Å². The predicted molar refractivity (Wildman–Crippen MR) is 142 cm³/mol. The van der Waals surface area contributed by atoms with Gasteiger partial charge in [-0.25, -0.2) is 4.21 Å². The van der Waals surface area contributed by atoms with Crippen LogP contribution in [0.2, 0.25) is 10.0 Å². The third-order valence-electron chi connectivity index (χ3n) is 6.47. The number of nitrogens with zero attached hydrogens (tertiary/aromatic N) is 2. The highest BCUT2D eigenvalue weighted by Crippen LogP contribution is 2.33. The van der Waals surface area contributed by atoms with Crippen molar-refractivity contribution in [2.45, 2.75) is 44.8 Å². The molecule has 0 bridgehead atoms. The van der Waals surface area contributed by atoms with Crippen LogP contribution in [0.3, 0.4) is 0 Å². The van der Waals surface area contributed by atoms with E-state index in [1.807, 2.05) is 12.1 Å². The SMILES string of the molecule is CCS(C)(=O)(O)c1ccc(Cl)cc1CNC(=O)c1cc(Cl)cc(CN2CCN(C(C)C)CC2)c1. The summed E-state index contributed by atoms with van der Waals surface area (Å²) in [5.41, 5.74) is 1.97. The molecule has 1 saturated heterocycles. The Morgan fingerprint density at radius 3 is 2.38 bits per heavy atom. The Kier molecular flexibility index (Phi) is 8.49. The molecule has 0 aromatic heterocycles. The van der Waals surface area contributed by atoms with Crippen molar-refractivity contribution in [2.24, 2.45) is 0 Å². The predicted octanol–water partition coefficient (Wildman–Crippen LogP) is 4.75. The monoisotopic (exact) mass is 527 g/mol. The molecule has 1 heterocycles. The van der Waals surface area contributed by atoms with Gasteiger partial charge in [-0.05, 0) is 68.3 Å². The number of halogens is 2. The van der Waals surface area contributed by atoms with Gasteiger partial charge in [0.15, 0.2) is 0 Å². The summed E-state index contributed by atoms with van der Waals surface area (Å²) in [6.45, 7) is 10.9. The summed E-state index contributed by atoms with van der Waals surface area (Å²) in [5, 5.41) is 3.81. The van der Waals surface area contributed by atoms with E-state index in [9.17, 15) is 13.6 Å². The van der Waals surface area contributed by atoms with Crippen LogP contribution in [-0.4, -0.2) is 68.7 Å². The third-order valence-corrected chi connectivity index (χ3v) is 9.81. The second-order valence-corrected chi connectivity index (χ2v) is 14.3. The Morgan fingerprint density at radius 2 is 1.76 bits per heavy atom. The van der Waals surface area contributed by atoms with E-state index in [4.69, 9.17) is 23.2 Å². The first-order valence-corrected chi connectivity index (χ1v) is 14.8. The number of hydrogen-bond donors (Lipinski definition) is 2. The Labute approximate surface area is 212 Å². The minimum atomic E-state index is -4.02. The molecule has 0 atom stereocenters. The molecular formula is C25H35Cl2N3O3S. The fourth-order valence-electron chi connectivity index (χ4n) is 4.20. The molecule has 0 unspecified atom stereocenters. The molecule has 1 amide bonds. The van der Waals surface area contributed by atoms with Gasteiger partial charge in [0.05, 0.1) is 4.90 Å². The van der Waals surface area contributed by atoms with E-state index >= 15 is 0 Å². The molecule has 0 radical (unpaired) electrons. The fourth-order valence-corrected chi connectivity index (χ4v) is 6.18. The van der Waals surface area contributed by atoms with Crippen molar-refractivity contribution in [1.29, 1.82) is 0 Å². The highest BCUT2D eigenvalue weighted by molar-refractivity contribution is 8.14. The van der Waals surface area contributed by atoms with Gasteiger partial charge in [-0.2, -0.15) is 9.35 Å². The van der Waals surface area contributed by atoms with Crippen molar-refractivity contribution in [2.75, 3.05) is 38.2 Å². The van der Waals surface area contributed by atoms with Crippen LogP contribution in [0, 0.1) is 0 Å². The molecule has 0 spiro atoms. The number of carbonyl (C=O) groups excluding carboxylic acids is 1. The van der Waals surface area contributed by atoms with Gasteiger partial charge < -0.3 is 5.32 Å². The molecule has 1 aliphatic heterocycles. The van der Waals surface area contributed by atoms with E-state index in [1.54, 1.807) is 31.2 Å². The van der Waals surface area contributed by atoms with Crippen molar-refractivity contribution < 1.29 is 13.6 Å². The van der Waals surface area contributed by atoms with Crippen LogP contribution in [0.5, 0.6) is 0 Å². The molecule has 0 saturated carbocycles. The minimum Gasteiger partial charge on any atom is -0.348 e. The first kappa shape index (κ1) is 27.1. The van der Waals surface area contributed by atoms with E-state index in [2.05, 4.69) is 29.0 Å². The Bertz CT molecular complexity index is 1110. The maximum atomic E-state index is 13.1. The zero-order valence-electron chi connectivity index (χ0n) is 20.3. The van der Waals surface area contributed by atoms with E-state index in [-0.39, 0.29) is 18.2 Å². The normalized spacial score (nSPS) is 16.9. The lowest BCUT2D eigenvalue weighted by atomic mass is 10.1. The summed E-state index contributed by atoms with van der Waals surface area (Å²) in [4.78, 5) is 18.1. The molecule has 1 aliphatic rings. The quantitative estimate of drug-likeness (QED) is 0.518. The van der Waals surface area contributed by atoms with Crippen LogP contribution in [0.15, 0.2) is 41.3 Å². The second kappa shape index (κ2) is 10.6. The summed E-state index contributed by atoms with van der Waals surface area (Å²) >= 11 is 12.5. The zero-order chi connectivity index (χ0) is 25.1. The van der Waals surface area contributed by atoms with Crippen LogP contribution in [-0.2, 0) is 22.4 Å². The lowest BCUT2D eigenvalue weighted by Crippen LogP contribution is -2.48. The lowest BCUT2D eigenvalue weighted by Gasteiger charge is -2.39. The zero-order valence-corrected chi connectivity index (χ0v) is 22.6. The number of piperazine rings is 1. The van der Waals surface area contributed by atoms with E-state index in [1.165, 1.54) is 6.26 Å². The number of amides is 1. The molecule has 34 heavy (non-hydrogen) atoms. The minimum absolute atomic E-state index is 0.0723. The Morgan fingerprint density at radius 1 is 1.09 bits per heavy atom. The smallest absolute Gasteiger partial charge is 0.251 e. The van der Waals surface area contributed by atoms with Crippen molar-refractivity contribution in [3.63, 3.8) is 0 Å². The average Bonchev–Trinajstić information content (AvgIpc) is 2.77. The van der Waals surface area contributed by atoms with E-state index in [0.717, 1.165) is 38.3 Å².